The first-order valence-electron chi connectivity index (χ1n) is 12.8. The number of aromatic nitrogens is 1. The van der Waals surface area contributed by atoms with E-state index >= 15 is 4.39 Å². The van der Waals surface area contributed by atoms with E-state index in [1.807, 2.05) is 36.4 Å². The summed E-state index contributed by atoms with van der Waals surface area (Å²) in [7, 11) is 0. The molecule has 1 saturated heterocycles. The molecule has 0 bridgehead atoms. The van der Waals surface area contributed by atoms with Crippen LogP contribution in [0.5, 0.6) is 0 Å². The topological polar surface area (TPSA) is 48.5 Å². The number of fused-ring (bicyclic) bond motifs is 2. The number of alkyl halides is 3. The molecule has 5 nitrogen and oxygen atoms in total. The minimum atomic E-state index is -4.75. The second-order valence-electron chi connectivity index (χ2n) is 10.1. The van der Waals surface area contributed by atoms with Gasteiger partial charge in [0.15, 0.2) is 0 Å². The third kappa shape index (κ3) is 6.11. The minimum absolute atomic E-state index is 0.0336. The maximum absolute atomic E-state index is 15.4. The van der Waals surface area contributed by atoms with Crippen LogP contribution in [0.15, 0.2) is 60.8 Å². The summed E-state index contributed by atoms with van der Waals surface area (Å²) in [6, 6.07) is 11.6. The molecule has 0 unspecified atom stereocenters. The Balaban J connectivity index is 1.34. The summed E-state index contributed by atoms with van der Waals surface area (Å²) in [5, 5.41) is 3.65. The average molecular weight is 593 g/mol. The van der Waals surface area contributed by atoms with E-state index in [-0.39, 0.29) is 29.5 Å². The number of likely N-dealkylation sites (tertiary alicyclic amines) is 1. The molecule has 0 atom stereocenters. The predicted molar refractivity (Wildman–Crippen MR) is 148 cm³/mol. The normalized spacial score (nSPS) is 17.0. The largest absolute Gasteiger partial charge is 0.416 e. The molecule has 210 valence electrons. The lowest BCUT2D eigenvalue weighted by Gasteiger charge is -2.39. The number of pyridine rings is 1. The molecular formula is C29H26Cl2F4N4O. The summed E-state index contributed by atoms with van der Waals surface area (Å²) in [6.07, 6.45) is 1.77. The quantitative estimate of drug-likeness (QED) is 0.249. The molecule has 1 fully saturated rings. The smallest absolute Gasteiger partial charge is 0.334 e. The average Bonchev–Trinajstić information content (AvgIpc) is 3.23. The number of urea groups is 1. The van der Waals surface area contributed by atoms with Gasteiger partial charge in [-0.15, -0.1) is 0 Å². The molecule has 2 amide bonds. The molecule has 5 rings (SSSR count). The lowest BCUT2D eigenvalue weighted by atomic mass is 9.74. The van der Waals surface area contributed by atoms with E-state index in [2.05, 4.69) is 15.2 Å². The summed E-state index contributed by atoms with van der Waals surface area (Å²) in [5.41, 5.74) is -0.0625. The first kappa shape index (κ1) is 28.4. The van der Waals surface area contributed by atoms with Crippen LogP contribution in [0, 0.1) is 5.82 Å². The van der Waals surface area contributed by atoms with E-state index in [9.17, 15) is 18.0 Å². The van der Waals surface area contributed by atoms with E-state index < -0.39 is 29.0 Å². The highest BCUT2D eigenvalue weighted by Crippen LogP contribution is 2.50. The molecule has 11 heteroatoms. The van der Waals surface area contributed by atoms with Crippen molar-refractivity contribution in [1.82, 2.24) is 15.2 Å². The van der Waals surface area contributed by atoms with Gasteiger partial charge in [-0.2, -0.15) is 13.2 Å². The predicted octanol–water partition coefficient (Wildman–Crippen LogP) is 7.32. The number of nitrogens with one attached hydrogen (secondary N) is 1. The number of carbonyl (C=O) groups is 1. The van der Waals surface area contributed by atoms with E-state index in [1.54, 1.807) is 12.1 Å². The third-order valence-corrected chi connectivity index (χ3v) is 7.97. The van der Waals surface area contributed by atoms with E-state index in [1.165, 1.54) is 11.1 Å². The molecule has 3 heterocycles. The van der Waals surface area contributed by atoms with Gasteiger partial charge < -0.3 is 5.32 Å². The Labute approximate surface area is 239 Å². The Morgan fingerprint density at radius 2 is 1.80 bits per heavy atom. The van der Waals surface area contributed by atoms with Gasteiger partial charge in [0.25, 0.3) is 0 Å². The first-order chi connectivity index (χ1) is 19.0. The molecule has 40 heavy (non-hydrogen) atoms. The third-order valence-electron chi connectivity index (χ3n) is 7.52. The van der Waals surface area contributed by atoms with Crippen LogP contribution in [0.2, 0.25) is 10.2 Å². The molecule has 0 saturated carbocycles. The van der Waals surface area contributed by atoms with Gasteiger partial charge in [-0.05, 0) is 73.5 Å². The maximum Gasteiger partial charge on any atom is 0.416 e. The standard InChI is InChI=1S/C29H26Cl2F4N4O/c30-22-5-3-19(4-6-22)2-1-11-38-12-8-28(9-13-38)18-39(27(40)37-17-20-7-10-36-25(31)14-20)24-16-21(29(33,34)35)15-23(32)26(24)28/h1-7,10,14-16H,8-9,11-13,17-18H2,(H,37,40)/b2-1+. The second kappa shape index (κ2) is 11.4. The SMILES string of the molecule is O=C(NCc1ccnc(Cl)c1)N1CC2(CCN(C/C=C/c3ccc(Cl)cc3)CC2)c2c(F)cc(C(F)(F)F)cc21. The number of nitrogens with zero attached hydrogens (tertiary/aromatic N) is 3. The summed E-state index contributed by atoms with van der Waals surface area (Å²) in [4.78, 5) is 20.6. The van der Waals surface area contributed by atoms with Crippen LogP contribution in [0.1, 0.15) is 35.1 Å². The first-order valence-corrected chi connectivity index (χ1v) is 13.5. The highest BCUT2D eigenvalue weighted by Gasteiger charge is 2.49. The van der Waals surface area contributed by atoms with Gasteiger partial charge in [-0.25, -0.2) is 14.2 Å². The van der Waals surface area contributed by atoms with Gasteiger partial charge in [-0.3, -0.25) is 9.80 Å². The van der Waals surface area contributed by atoms with Crippen molar-refractivity contribution < 1.29 is 22.4 Å². The number of rotatable bonds is 5. The number of halogens is 6. The van der Waals surface area contributed by atoms with Crippen molar-refractivity contribution >= 4 is 41.0 Å². The van der Waals surface area contributed by atoms with Crippen molar-refractivity contribution in [3.8, 4) is 0 Å². The van der Waals surface area contributed by atoms with Gasteiger partial charge in [0.1, 0.15) is 11.0 Å². The molecule has 3 aromatic rings. The van der Waals surface area contributed by atoms with Crippen molar-refractivity contribution in [3.63, 3.8) is 0 Å². The van der Waals surface area contributed by atoms with E-state index in [0.29, 0.717) is 49.1 Å². The Morgan fingerprint density at radius 3 is 2.48 bits per heavy atom. The molecule has 2 aliphatic heterocycles. The fourth-order valence-electron chi connectivity index (χ4n) is 5.45. The number of benzene rings is 2. The van der Waals surface area contributed by atoms with Crippen LogP contribution in [0.4, 0.5) is 28.0 Å². The lowest BCUT2D eigenvalue weighted by molar-refractivity contribution is -0.137. The number of piperidine rings is 1. The van der Waals surface area contributed by atoms with Crippen molar-refractivity contribution in [2.24, 2.45) is 0 Å². The zero-order valence-electron chi connectivity index (χ0n) is 21.3. The van der Waals surface area contributed by atoms with Crippen molar-refractivity contribution in [2.45, 2.75) is 31.0 Å². The summed E-state index contributed by atoms with van der Waals surface area (Å²) < 4.78 is 56.2. The Kier molecular flexibility index (Phi) is 8.08. The van der Waals surface area contributed by atoms with E-state index in [4.69, 9.17) is 23.2 Å². The van der Waals surface area contributed by atoms with Crippen LogP contribution in [0.25, 0.3) is 6.08 Å². The van der Waals surface area contributed by atoms with Gasteiger partial charge in [-0.1, -0.05) is 47.5 Å². The summed E-state index contributed by atoms with van der Waals surface area (Å²) in [6.45, 7) is 2.07. The number of amides is 2. The summed E-state index contributed by atoms with van der Waals surface area (Å²) >= 11 is 11.8. The molecule has 0 radical (unpaired) electrons. The molecule has 2 aliphatic rings. The Morgan fingerprint density at radius 1 is 1.07 bits per heavy atom. The van der Waals surface area contributed by atoms with Crippen LogP contribution in [0.3, 0.4) is 0 Å². The maximum atomic E-state index is 15.4. The fourth-order valence-corrected chi connectivity index (χ4v) is 5.77. The minimum Gasteiger partial charge on any atom is -0.334 e. The molecule has 0 aliphatic carbocycles. The van der Waals surface area contributed by atoms with Crippen molar-refractivity contribution in [1.29, 1.82) is 0 Å². The zero-order valence-corrected chi connectivity index (χ0v) is 22.8. The number of anilines is 1. The Bertz CT molecular complexity index is 1420. The molecule has 1 N–H and O–H groups in total. The van der Waals surface area contributed by atoms with Gasteiger partial charge in [0.2, 0.25) is 0 Å². The van der Waals surface area contributed by atoms with Gasteiger partial charge >= 0.3 is 12.2 Å². The van der Waals surface area contributed by atoms with Crippen LogP contribution >= 0.6 is 23.2 Å². The number of carbonyl (C=O) groups excluding carboxylic acids is 1. The highest BCUT2D eigenvalue weighted by atomic mass is 35.5. The van der Waals surface area contributed by atoms with E-state index in [0.717, 1.165) is 11.6 Å². The van der Waals surface area contributed by atoms with Crippen LogP contribution in [-0.4, -0.2) is 42.1 Å². The molecule has 1 spiro atoms. The monoisotopic (exact) mass is 592 g/mol. The highest BCUT2D eigenvalue weighted by molar-refractivity contribution is 6.30. The second-order valence-corrected chi connectivity index (χ2v) is 10.9. The van der Waals surface area contributed by atoms with Crippen molar-refractivity contribution in [3.05, 3.63) is 99.1 Å². The summed E-state index contributed by atoms with van der Waals surface area (Å²) in [5.74, 6) is -0.933. The van der Waals surface area contributed by atoms with Crippen LogP contribution in [-0.2, 0) is 18.1 Å². The number of hydrogen-bond donors (Lipinski definition) is 1. The zero-order chi connectivity index (χ0) is 28.5. The molecular weight excluding hydrogens is 567 g/mol. The Hall–Kier alpha value is -3.14. The number of hydrogen-bond acceptors (Lipinski definition) is 3. The lowest BCUT2D eigenvalue weighted by Crippen LogP contribution is -2.47. The van der Waals surface area contributed by atoms with Gasteiger partial charge in [0.05, 0.1) is 11.3 Å². The molecule has 1 aromatic heterocycles. The van der Waals surface area contributed by atoms with Crippen LogP contribution < -0.4 is 10.2 Å². The van der Waals surface area contributed by atoms with Gasteiger partial charge in [0, 0.05) is 41.8 Å². The van der Waals surface area contributed by atoms with Crippen molar-refractivity contribution in [2.75, 3.05) is 31.1 Å². The molecule has 2 aromatic carbocycles. The fraction of sp³-hybridized carbons (Fsp3) is 0.310.